The van der Waals surface area contributed by atoms with Gasteiger partial charge in [0, 0.05) is 29.7 Å². The highest BCUT2D eigenvalue weighted by atomic mass is 32.2. The highest BCUT2D eigenvalue weighted by molar-refractivity contribution is 8.01. The molecular formula is C20H21N5O2S3. The number of hydrogen-bond donors (Lipinski definition) is 2. The number of carbonyl (C=O) groups excluding carboxylic acids is 2. The van der Waals surface area contributed by atoms with Gasteiger partial charge >= 0.3 is 0 Å². The first-order valence-electron chi connectivity index (χ1n) is 9.52. The average Bonchev–Trinajstić information content (AvgIpc) is 3.46. The van der Waals surface area contributed by atoms with E-state index in [0.29, 0.717) is 16.6 Å². The molecule has 1 aromatic carbocycles. The van der Waals surface area contributed by atoms with Gasteiger partial charge in [0.05, 0.1) is 11.8 Å². The van der Waals surface area contributed by atoms with Crippen molar-refractivity contribution in [2.75, 3.05) is 22.9 Å². The van der Waals surface area contributed by atoms with Gasteiger partial charge in [-0.3, -0.25) is 9.59 Å². The van der Waals surface area contributed by atoms with Crippen molar-refractivity contribution in [3.63, 3.8) is 0 Å². The Morgan fingerprint density at radius 1 is 1.23 bits per heavy atom. The van der Waals surface area contributed by atoms with Crippen LogP contribution in [0, 0.1) is 0 Å². The van der Waals surface area contributed by atoms with E-state index in [-0.39, 0.29) is 17.9 Å². The van der Waals surface area contributed by atoms with Crippen molar-refractivity contribution in [1.29, 1.82) is 0 Å². The second kappa shape index (κ2) is 9.59. The molecule has 1 saturated heterocycles. The molecule has 4 rings (SSSR count). The Hall–Kier alpha value is -2.43. The SMILES string of the molecule is CC(=O)Nc1cccc(Nc2nnc(SCC(=O)N3CCCC3c3cccs3)s2)c1. The standard InChI is InChI=1S/C20H21N5O2S3/c1-13(26)21-14-5-2-6-15(11-14)22-19-23-24-20(30-19)29-12-18(27)25-9-3-7-16(25)17-8-4-10-28-17/h2,4-6,8,10-11,16H,3,7,9,12H2,1H3,(H,21,26)(H,22,23). The molecule has 2 aromatic heterocycles. The Labute approximate surface area is 186 Å². The number of benzene rings is 1. The number of nitrogens with zero attached hydrogens (tertiary/aromatic N) is 3. The smallest absolute Gasteiger partial charge is 0.233 e. The second-order valence-corrected chi connectivity index (χ2v) is 9.99. The van der Waals surface area contributed by atoms with Crippen LogP contribution in [-0.2, 0) is 9.59 Å². The maximum Gasteiger partial charge on any atom is 0.233 e. The molecule has 1 fully saturated rings. The van der Waals surface area contributed by atoms with Crippen LogP contribution >= 0.6 is 34.4 Å². The van der Waals surface area contributed by atoms with Crippen LogP contribution < -0.4 is 10.6 Å². The Morgan fingerprint density at radius 2 is 2.10 bits per heavy atom. The fourth-order valence-electron chi connectivity index (χ4n) is 3.37. The molecule has 0 aliphatic carbocycles. The van der Waals surface area contributed by atoms with Crippen LogP contribution in [0.3, 0.4) is 0 Å². The fourth-order valence-corrected chi connectivity index (χ4v) is 5.90. The summed E-state index contributed by atoms with van der Waals surface area (Å²) in [5.41, 5.74) is 1.52. The quantitative estimate of drug-likeness (QED) is 0.496. The number of aromatic nitrogens is 2. The van der Waals surface area contributed by atoms with E-state index in [1.54, 1.807) is 11.3 Å². The second-order valence-electron chi connectivity index (χ2n) is 6.81. The number of thiophene rings is 1. The first kappa shape index (κ1) is 20.8. The summed E-state index contributed by atoms with van der Waals surface area (Å²) >= 11 is 4.53. The van der Waals surface area contributed by atoms with Gasteiger partial charge in [-0.25, -0.2) is 0 Å². The maximum atomic E-state index is 12.8. The van der Waals surface area contributed by atoms with Crippen molar-refractivity contribution in [2.45, 2.75) is 30.1 Å². The lowest BCUT2D eigenvalue weighted by molar-refractivity contribution is -0.129. The minimum atomic E-state index is -0.120. The predicted octanol–water partition coefficient (Wildman–Crippen LogP) is 4.76. The number of hydrogen-bond acceptors (Lipinski definition) is 8. The highest BCUT2D eigenvalue weighted by Gasteiger charge is 2.30. The lowest BCUT2D eigenvalue weighted by Gasteiger charge is -2.23. The summed E-state index contributed by atoms with van der Waals surface area (Å²) in [5, 5.41) is 17.0. The number of nitrogens with one attached hydrogen (secondary N) is 2. The van der Waals surface area contributed by atoms with Gasteiger partial charge in [-0.2, -0.15) is 0 Å². The van der Waals surface area contributed by atoms with Crippen molar-refractivity contribution in [2.24, 2.45) is 0 Å². The third-order valence-corrected chi connectivity index (χ3v) is 7.53. The molecule has 1 unspecified atom stereocenters. The van der Waals surface area contributed by atoms with Crippen molar-refractivity contribution in [3.05, 3.63) is 46.7 Å². The minimum Gasteiger partial charge on any atom is -0.334 e. The van der Waals surface area contributed by atoms with E-state index in [0.717, 1.165) is 29.4 Å². The van der Waals surface area contributed by atoms with Crippen LogP contribution in [0.1, 0.15) is 30.7 Å². The first-order chi connectivity index (χ1) is 14.6. The highest BCUT2D eigenvalue weighted by Crippen LogP contribution is 2.35. The first-order valence-corrected chi connectivity index (χ1v) is 12.2. The van der Waals surface area contributed by atoms with Gasteiger partial charge < -0.3 is 15.5 Å². The van der Waals surface area contributed by atoms with Crippen LogP contribution in [0.4, 0.5) is 16.5 Å². The zero-order valence-electron chi connectivity index (χ0n) is 16.3. The lowest BCUT2D eigenvalue weighted by atomic mass is 10.2. The molecule has 156 valence electrons. The fraction of sp³-hybridized carbons (Fsp3) is 0.300. The Balaban J connectivity index is 1.32. The van der Waals surface area contributed by atoms with Crippen LogP contribution in [-0.4, -0.2) is 39.2 Å². The maximum absolute atomic E-state index is 12.8. The van der Waals surface area contributed by atoms with E-state index in [9.17, 15) is 9.59 Å². The van der Waals surface area contributed by atoms with Gasteiger partial charge in [-0.05, 0) is 42.5 Å². The van der Waals surface area contributed by atoms with Crippen molar-refractivity contribution in [3.8, 4) is 0 Å². The van der Waals surface area contributed by atoms with Gasteiger partial charge in [0.15, 0.2) is 4.34 Å². The molecule has 0 bridgehead atoms. The molecule has 2 amide bonds. The van der Waals surface area contributed by atoms with E-state index in [1.165, 1.54) is 34.9 Å². The van der Waals surface area contributed by atoms with E-state index < -0.39 is 0 Å². The predicted molar refractivity (Wildman–Crippen MR) is 123 cm³/mol. The Kier molecular flexibility index (Phi) is 6.66. The molecule has 2 N–H and O–H groups in total. The number of thioether (sulfide) groups is 1. The van der Waals surface area contributed by atoms with Gasteiger partial charge in [0.1, 0.15) is 0 Å². The number of likely N-dealkylation sites (tertiary alicyclic amines) is 1. The summed E-state index contributed by atoms with van der Waals surface area (Å²) in [6.45, 7) is 2.29. The number of carbonyl (C=O) groups is 2. The average molecular weight is 460 g/mol. The third kappa shape index (κ3) is 5.18. The molecule has 30 heavy (non-hydrogen) atoms. The van der Waals surface area contributed by atoms with Gasteiger partial charge in [0.2, 0.25) is 16.9 Å². The summed E-state index contributed by atoms with van der Waals surface area (Å²) in [4.78, 5) is 27.2. The lowest BCUT2D eigenvalue weighted by Crippen LogP contribution is -2.31. The van der Waals surface area contributed by atoms with Crippen LogP contribution in [0.25, 0.3) is 0 Å². The van der Waals surface area contributed by atoms with Crippen molar-refractivity contribution >= 4 is 62.8 Å². The molecule has 10 heteroatoms. The van der Waals surface area contributed by atoms with Gasteiger partial charge in [-0.1, -0.05) is 35.2 Å². The monoisotopic (exact) mass is 459 g/mol. The summed E-state index contributed by atoms with van der Waals surface area (Å²) in [7, 11) is 0. The topological polar surface area (TPSA) is 87.2 Å². The van der Waals surface area contributed by atoms with Gasteiger partial charge in [0.25, 0.3) is 0 Å². The van der Waals surface area contributed by atoms with E-state index in [4.69, 9.17) is 0 Å². The van der Waals surface area contributed by atoms with Crippen LogP contribution in [0.15, 0.2) is 46.1 Å². The molecular weight excluding hydrogens is 438 g/mol. The summed E-state index contributed by atoms with van der Waals surface area (Å²) in [6, 6.07) is 11.7. The molecule has 3 aromatic rings. The van der Waals surface area contributed by atoms with Crippen LogP contribution in [0.5, 0.6) is 0 Å². The minimum absolute atomic E-state index is 0.120. The Morgan fingerprint density at radius 3 is 2.90 bits per heavy atom. The molecule has 7 nitrogen and oxygen atoms in total. The molecule has 3 heterocycles. The number of amides is 2. The third-order valence-electron chi connectivity index (χ3n) is 4.60. The van der Waals surface area contributed by atoms with Crippen LogP contribution in [0.2, 0.25) is 0 Å². The zero-order valence-corrected chi connectivity index (χ0v) is 18.8. The molecule has 0 saturated carbocycles. The summed E-state index contributed by atoms with van der Waals surface area (Å²) in [5.74, 6) is 0.378. The molecule has 0 radical (unpaired) electrons. The van der Waals surface area contributed by atoms with Crippen molar-refractivity contribution < 1.29 is 9.59 Å². The van der Waals surface area contributed by atoms with Crippen molar-refractivity contribution in [1.82, 2.24) is 15.1 Å². The number of anilines is 3. The molecule has 0 spiro atoms. The Bertz CT molecular complexity index is 1020. The van der Waals surface area contributed by atoms with E-state index >= 15 is 0 Å². The number of rotatable bonds is 7. The summed E-state index contributed by atoms with van der Waals surface area (Å²) in [6.07, 6.45) is 2.07. The molecule has 1 aliphatic rings. The zero-order chi connectivity index (χ0) is 20.9. The molecule has 1 aliphatic heterocycles. The summed E-state index contributed by atoms with van der Waals surface area (Å²) < 4.78 is 0.746. The van der Waals surface area contributed by atoms with Gasteiger partial charge in [-0.15, -0.1) is 21.5 Å². The normalized spacial score (nSPS) is 15.9. The molecule has 1 atom stereocenters. The van der Waals surface area contributed by atoms with E-state index in [1.807, 2.05) is 35.2 Å². The van der Waals surface area contributed by atoms with E-state index in [2.05, 4.69) is 32.3 Å². The largest absolute Gasteiger partial charge is 0.334 e.